The summed E-state index contributed by atoms with van der Waals surface area (Å²) in [5.41, 5.74) is 9.54. The van der Waals surface area contributed by atoms with Crippen molar-refractivity contribution in [3.8, 4) is 17.5 Å². The standard InChI is InChI=1S/C30H28FN5O2S/c1-20-4-5-23(13-22(20)6-7-27-16-33-30(39-27)15-29(32)38)28(37)12-21-10-24(31)14-26(11-21)36-18-25(34-19-36)17-35-8-2-3-9-35/h4-5,10-11,13-14,16,18-19H,2-3,8-9,12,15,17H2,1H3,(H2,32,38). The lowest BCUT2D eigenvalue weighted by molar-refractivity contribution is -0.117. The molecule has 3 heterocycles. The lowest BCUT2D eigenvalue weighted by Gasteiger charge is -2.12. The first kappa shape index (κ1) is 26.5. The van der Waals surface area contributed by atoms with Crippen molar-refractivity contribution in [2.45, 2.75) is 39.2 Å². The molecule has 1 fully saturated rings. The monoisotopic (exact) mass is 541 g/mol. The van der Waals surface area contributed by atoms with E-state index in [0.717, 1.165) is 36.5 Å². The quantitative estimate of drug-likeness (QED) is 0.266. The largest absolute Gasteiger partial charge is 0.369 e. The summed E-state index contributed by atoms with van der Waals surface area (Å²) in [5.74, 6) is 5.18. The van der Waals surface area contributed by atoms with Crippen LogP contribution in [0.25, 0.3) is 5.69 Å². The smallest absolute Gasteiger partial charge is 0.224 e. The molecule has 1 aliphatic rings. The number of ketones is 1. The molecule has 0 unspecified atom stereocenters. The molecule has 2 N–H and O–H groups in total. The van der Waals surface area contributed by atoms with Crippen LogP contribution in [0.3, 0.4) is 0 Å². The van der Waals surface area contributed by atoms with E-state index in [1.54, 1.807) is 29.2 Å². The van der Waals surface area contributed by atoms with E-state index in [0.29, 0.717) is 26.7 Å². The number of halogens is 1. The van der Waals surface area contributed by atoms with Crippen molar-refractivity contribution in [3.05, 3.63) is 98.8 Å². The molecule has 1 aliphatic heterocycles. The molecule has 0 spiro atoms. The molecule has 0 aliphatic carbocycles. The fourth-order valence-corrected chi connectivity index (χ4v) is 5.37. The van der Waals surface area contributed by atoms with E-state index in [2.05, 4.69) is 26.7 Å². The van der Waals surface area contributed by atoms with Gasteiger partial charge in [-0.2, -0.15) is 0 Å². The number of hydrogen-bond acceptors (Lipinski definition) is 6. The predicted octanol–water partition coefficient (Wildman–Crippen LogP) is 4.23. The van der Waals surface area contributed by atoms with Gasteiger partial charge in [0.1, 0.15) is 10.8 Å². The van der Waals surface area contributed by atoms with E-state index in [1.165, 1.54) is 36.3 Å². The number of primary amides is 1. The lowest BCUT2D eigenvalue weighted by Crippen LogP contribution is -2.18. The predicted molar refractivity (Wildman–Crippen MR) is 148 cm³/mol. The lowest BCUT2D eigenvalue weighted by atomic mass is 9.98. The van der Waals surface area contributed by atoms with Gasteiger partial charge in [-0.1, -0.05) is 18.1 Å². The minimum Gasteiger partial charge on any atom is -0.369 e. The average molecular weight is 542 g/mol. The molecule has 2 aromatic heterocycles. The number of aryl methyl sites for hydroxylation is 1. The van der Waals surface area contributed by atoms with Crippen LogP contribution in [0, 0.1) is 24.6 Å². The van der Waals surface area contributed by atoms with E-state index in [1.807, 2.05) is 25.3 Å². The van der Waals surface area contributed by atoms with Gasteiger partial charge in [0.15, 0.2) is 5.78 Å². The van der Waals surface area contributed by atoms with Gasteiger partial charge in [-0.25, -0.2) is 14.4 Å². The highest BCUT2D eigenvalue weighted by atomic mass is 32.1. The van der Waals surface area contributed by atoms with Crippen LogP contribution in [0.1, 0.15) is 55.5 Å². The first-order valence-corrected chi connectivity index (χ1v) is 13.6. The highest BCUT2D eigenvalue weighted by Gasteiger charge is 2.15. The Kier molecular flexibility index (Phi) is 7.96. The Morgan fingerprint density at radius 3 is 2.69 bits per heavy atom. The van der Waals surface area contributed by atoms with Gasteiger partial charge in [0.25, 0.3) is 0 Å². The van der Waals surface area contributed by atoms with Gasteiger partial charge in [0.2, 0.25) is 5.91 Å². The average Bonchev–Trinajstić information content (AvgIpc) is 3.66. The molecule has 0 bridgehead atoms. The minimum absolute atomic E-state index is 0.0569. The molecule has 2 aromatic carbocycles. The van der Waals surface area contributed by atoms with E-state index < -0.39 is 11.7 Å². The molecular formula is C30H28FN5O2S. The summed E-state index contributed by atoms with van der Waals surface area (Å²) in [7, 11) is 0. The molecule has 198 valence electrons. The minimum atomic E-state index is -0.441. The summed E-state index contributed by atoms with van der Waals surface area (Å²) in [6, 6.07) is 10.0. The molecule has 1 amide bonds. The highest BCUT2D eigenvalue weighted by Crippen LogP contribution is 2.19. The van der Waals surface area contributed by atoms with Crippen molar-refractivity contribution in [3.63, 3.8) is 0 Å². The van der Waals surface area contributed by atoms with Crippen LogP contribution in [0.15, 0.2) is 55.1 Å². The maximum Gasteiger partial charge on any atom is 0.224 e. The van der Waals surface area contributed by atoms with Crippen molar-refractivity contribution >= 4 is 23.0 Å². The number of carbonyl (C=O) groups is 2. The van der Waals surface area contributed by atoms with Gasteiger partial charge in [-0.15, -0.1) is 11.3 Å². The van der Waals surface area contributed by atoms with Gasteiger partial charge in [-0.05, 0) is 74.2 Å². The number of thiazole rings is 1. The number of aromatic nitrogens is 3. The highest BCUT2D eigenvalue weighted by molar-refractivity contribution is 7.12. The number of rotatable bonds is 8. The van der Waals surface area contributed by atoms with E-state index in [4.69, 9.17) is 5.73 Å². The summed E-state index contributed by atoms with van der Waals surface area (Å²) in [5, 5.41) is 0.612. The van der Waals surface area contributed by atoms with Crippen LogP contribution in [-0.2, 0) is 24.2 Å². The molecule has 0 atom stereocenters. The van der Waals surface area contributed by atoms with Gasteiger partial charge < -0.3 is 10.3 Å². The first-order valence-electron chi connectivity index (χ1n) is 12.8. The Labute approximate surface area is 230 Å². The second-order valence-electron chi connectivity index (χ2n) is 9.71. The first-order chi connectivity index (χ1) is 18.8. The van der Waals surface area contributed by atoms with Crippen LogP contribution < -0.4 is 5.73 Å². The zero-order valence-corrected chi connectivity index (χ0v) is 22.4. The Bertz CT molecular complexity index is 1590. The number of benzene rings is 2. The van der Waals surface area contributed by atoms with Crippen LogP contribution >= 0.6 is 11.3 Å². The molecule has 9 heteroatoms. The Hall–Kier alpha value is -4.13. The summed E-state index contributed by atoms with van der Waals surface area (Å²) in [6.07, 6.45) is 7.78. The summed E-state index contributed by atoms with van der Waals surface area (Å²) in [4.78, 5) is 36.0. The van der Waals surface area contributed by atoms with Crippen molar-refractivity contribution in [2.75, 3.05) is 13.1 Å². The topological polar surface area (TPSA) is 94.1 Å². The van der Waals surface area contributed by atoms with Crippen molar-refractivity contribution in [1.29, 1.82) is 0 Å². The van der Waals surface area contributed by atoms with Gasteiger partial charge in [0.05, 0.1) is 29.5 Å². The number of Topliss-reactive ketones (excluding diaryl/α,β-unsaturated/α-hetero) is 1. The Morgan fingerprint density at radius 1 is 1.08 bits per heavy atom. The van der Waals surface area contributed by atoms with Crippen LogP contribution in [0.2, 0.25) is 0 Å². The number of carbonyl (C=O) groups excluding carboxylic acids is 2. The van der Waals surface area contributed by atoms with E-state index in [-0.39, 0.29) is 18.6 Å². The molecule has 0 saturated carbocycles. The Morgan fingerprint density at radius 2 is 1.90 bits per heavy atom. The van der Waals surface area contributed by atoms with Crippen molar-refractivity contribution in [2.24, 2.45) is 5.73 Å². The molecule has 0 radical (unpaired) electrons. The van der Waals surface area contributed by atoms with E-state index in [9.17, 15) is 14.0 Å². The molecule has 4 aromatic rings. The number of imidazole rings is 1. The molecule has 7 nitrogen and oxygen atoms in total. The maximum absolute atomic E-state index is 14.5. The maximum atomic E-state index is 14.5. The number of likely N-dealkylation sites (tertiary alicyclic amines) is 1. The number of hydrogen-bond donors (Lipinski definition) is 1. The normalized spacial score (nSPS) is 13.3. The Balaban J connectivity index is 1.30. The number of amides is 1. The van der Waals surface area contributed by atoms with Crippen LogP contribution in [0.4, 0.5) is 4.39 Å². The third-order valence-corrected chi connectivity index (χ3v) is 7.50. The molecule has 5 rings (SSSR count). The van der Waals surface area contributed by atoms with Crippen molar-refractivity contribution < 1.29 is 14.0 Å². The van der Waals surface area contributed by atoms with Crippen molar-refractivity contribution in [1.82, 2.24) is 19.4 Å². The molecular weight excluding hydrogens is 513 g/mol. The van der Waals surface area contributed by atoms with E-state index >= 15 is 0 Å². The fraction of sp³-hybridized carbons (Fsp3) is 0.267. The zero-order valence-electron chi connectivity index (χ0n) is 21.6. The summed E-state index contributed by atoms with van der Waals surface area (Å²) < 4.78 is 16.4. The summed E-state index contributed by atoms with van der Waals surface area (Å²) >= 11 is 1.31. The van der Waals surface area contributed by atoms with Crippen LogP contribution in [-0.4, -0.2) is 44.2 Å². The van der Waals surface area contributed by atoms with Gasteiger partial charge in [0, 0.05) is 36.0 Å². The third kappa shape index (κ3) is 6.85. The number of nitrogens with two attached hydrogens (primary N) is 1. The zero-order chi connectivity index (χ0) is 27.4. The second-order valence-corrected chi connectivity index (χ2v) is 10.8. The van der Waals surface area contributed by atoms with Gasteiger partial charge in [-0.3, -0.25) is 14.5 Å². The molecule has 1 saturated heterocycles. The summed E-state index contributed by atoms with van der Waals surface area (Å²) in [6.45, 7) is 4.86. The second kappa shape index (κ2) is 11.7. The van der Waals surface area contributed by atoms with Gasteiger partial charge >= 0.3 is 0 Å². The van der Waals surface area contributed by atoms with Crippen LogP contribution in [0.5, 0.6) is 0 Å². The molecule has 39 heavy (non-hydrogen) atoms. The fourth-order valence-electron chi connectivity index (χ4n) is 4.59. The SMILES string of the molecule is Cc1ccc(C(=O)Cc2cc(F)cc(-n3cnc(CN4CCCC4)c3)c2)cc1C#Cc1cnc(CC(N)=O)s1. The third-order valence-electron chi connectivity index (χ3n) is 6.58. The number of nitrogens with zero attached hydrogens (tertiary/aromatic N) is 4.